The van der Waals surface area contributed by atoms with Crippen molar-refractivity contribution in [3.05, 3.63) is 42.5 Å². The lowest BCUT2D eigenvalue weighted by atomic mass is 10.1. The van der Waals surface area contributed by atoms with E-state index in [2.05, 4.69) is 18.8 Å². The largest absolute Gasteiger partial charge is 0.352 e. The van der Waals surface area contributed by atoms with Crippen molar-refractivity contribution < 1.29 is 13.2 Å². The molecule has 0 radical (unpaired) electrons. The summed E-state index contributed by atoms with van der Waals surface area (Å²) in [5, 5.41) is 2.73. The minimum absolute atomic E-state index is 0.0669. The molecule has 2 rings (SSSR count). The first-order chi connectivity index (χ1) is 12.0. The Hall–Kier alpha value is -1.70. The number of nitrogens with one attached hydrogen (secondary N) is 1. The number of benzene rings is 1. The summed E-state index contributed by atoms with van der Waals surface area (Å²) in [4.78, 5) is 14.0. The van der Waals surface area contributed by atoms with Crippen LogP contribution in [-0.4, -0.2) is 62.8 Å². The van der Waals surface area contributed by atoms with Crippen molar-refractivity contribution in [3.63, 3.8) is 0 Å². The molecule has 0 atom stereocenters. The number of carbonyl (C=O) groups is 1. The van der Waals surface area contributed by atoms with E-state index < -0.39 is 10.0 Å². The molecule has 138 valence electrons. The molecule has 1 saturated heterocycles. The zero-order chi connectivity index (χ0) is 18.3. The Bertz CT molecular complexity index is 678. The quantitative estimate of drug-likeness (QED) is 0.704. The van der Waals surface area contributed by atoms with Crippen molar-refractivity contribution >= 4 is 15.9 Å². The van der Waals surface area contributed by atoms with Crippen LogP contribution < -0.4 is 5.32 Å². The predicted octanol–water partition coefficient (Wildman–Crippen LogP) is 1.25. The van der Waals surface area contributed by atoms with Crippen LogP contribution in [0.4, 0.5) is 0 Å². The van der Waals surface area contributed by atoms with Crippen molar-refractivity contribution in [2.75, 3.05) is 39.3 Å². The van der Waals surface area contributed by atoms with E-state index in [1.807, 2.05) is 17.0 Å². The van der Waals surface area contributed by atoms with E-state index in [9.17, 15) is 13.2 Å². The maximum absolute atomic E-state index is 12.7. The molecule has 25 heavy (non-hydrogen) atoms. The summed E-state index contributed by atoms with van der Waals surface area (Å²) < 4.78 is 27.0. The minimum atomic E-state index is -3.47. The average Bonchev–Trinajstić information content (AvgIpc) is 2.61. The summed E-state index contributed by atoms with van der Waals surface area (Å²) in [5.41, 5.74) is 1.15. The molecule has 1 aromatic carbocycles. The van der Waals surface area contributed by atoms with Gasteiger partial charge in [-0.1, -0.05) is 31.6 Å². The van der Waals surface area contributed by atoms with Gasteiger partial charge in [-0.15, -0.1) is 6.58 Å². The SMILES string of the molecule is C=CCNC(=O)CN1CCN(S(=O)(=O)c2ccc(CCC)cc2)CC1. The topological polar surface area (TPSA) is 69.7 Å². The van der Waals surface area contributed by atoms with Crippen LogP contribution in [0.5, 0.6) is 0 Å². The molecule has 0 aliphatic carbocycles. The van der Waals surface area contributed by atoms with Gasteiger partial charge in [-0.2, -0.15) is 4.31 Å². The van der Waals surface area contributed by atoms with Gasteiger partial charge in [-0.3, -0.25) is 9.69 Å². The van der Waals surface area contributed by atoms with Crippen LogP contribution in [0.15, 0.2) is 41.8 Å². The summed E-state index contributed by atoms with van der Waals surface area (Å²) in [6, 6.07) is 7.15. The Balaban J connectivity index is 1.92. The Morgan fingerprint density at radius 2 is 1.84 bits per heavy atom. The van der Waals surface area contributed by atoms with Crippen LogP contribution in [0.2, 0.25) is 0 Å². The predicted molar refractivity (Wildman–Crippen MR) is 98.8 cm³/mol. The summed E-state index contributed by atoms with van der Waals surface area (Å²) in [7, 11) is -3.47. The second-order valence-corrected chi connectivity index (χ2v) is 8.10. The number of nitrogens with zero attached hydrogens (tertiary/aromatic N) is 2. The highest BCUT2D eigenvalue weighted by atomic mass is 32.2. The molecular weight excluding hydrogens is 338 g/mol. The molecule has 1 aliphatic rings. The Morgan fingerprint density at radius 3 is 2.40 bits per heavy atom. The first-order valence-corrected chi connectivity index (χ1v) is 10.1. The standard InChI is InChI=1S/C18H27N3O3S/c1-3-5-16-6-8-17(9-7-16)25(23,24)21-13-11-20(12-14-21)15-18(22)19-10-4-2/h4,6-9H,2-3,5,10-15H2,1H3,(H,19,22). The van der Waals surface area contributed by atoms with Gasteiger partial charge in [-0.25, -0.2) is 8.42 Å². The molecule has 1 aliphatic heterocycles. The molecule has 1 N–H and O–H groups in total. The highest BCUT2D eigenvalue weighted by molar-refractivity contribution is 7.89. The smallest absolute Gasteiger partial charge is 0.243 e. The third-order valence-corrected chi connectivity index (χ3v) is 6.15. The Kier molecular flexibility index (Phi) is 7.16. The molecule has 7 heteroatoms. The van der Waals surface area contributed by atoms with Gasteiger partial charge in [0.15, 0.2) is 0 Å². The lowest BCUT2D eigenvalue weighted by Gasteiger charge is -2.33. The van der Waals surface area contributed by atoms with Crippen LogP contribution in [0.25, 0.3) is 0 Å². The summed E-state index contributed by atoms with van der Waals surface area (Å²) in [6.45, 7) is 8.28. The Morgan fingerprint density at radius 1 is 1.20 bits per heavy atom. The molecule has 0 aromatic heterocycles. The van der Waals surface area contributed by atoms with E-state index in [4.69, 9.17) is 0 Å². The molecule has 1 fully saturated rings. The number of hydrogen-bond donors (Lipinski definition) is 1. The number of hydrogen-bond acceptors (Lipinski definition) is 4. The highest BCUT2D eigenvalue weighted by Crippen LogP contribution is 2.18. The van der Waals surface area contributed by atoms with Crippen molar-refractivity contribution in [2.24, 2.45) is 0 Å². The second-order valence-electron chi connectivity index (χ2n) is 6.17. The molecule has 0 unspecified atom stereocenters. The average molecular weight is 365 g/mol. The second kappa shape index (κ2) is 9.12. The van der Waals surface area contributed by atoms with Crippen LogP contribution in [0, 0.1) is 0 Å². The van der Waals surface area contributed by atoms with E-state index in [0.717, 1.165) is 18.4 Å². The first kappa shape index (κ1) is 19.6. The molecule has 1 aromatic rings. The third kappa shape index (κ3) is 5.39. The fraction of sp³-hybridized carbons (Fsp3) is 0.500. The summed E-state index contributed by atoms with van der Waals surface area (Å²) >= 11 is 0. The zero-order valence-electron chi connectivity index (χ0n) is 14.8. The molecule has 6 nitrogen and oxygen atoms in total. The van der Waals surface area contributed by atoms with E-state index in [1.165, 1.54) is 4.31 Å². The van der Waals surface area contributed by atoms with Gasteiger partial charge in [0.25, 0.3) is 0 Å². The lowest BCUT2D eigenvalue weighted by Crippen LogP contribution is -2.51. The number of sulfonamides is 1. The number of piperazine rings is 1. The minimum Gasteiger partial charge on any atom is -0.352 e. The molecule has 1 amide bonds. The molecule has 0 bridgehead atoms. The van der Waals surface area contributed by atoms with Gasteiger partial charge in [0.2, 0.25) is 15.9 Å². The van der Waals surface area contributed by atoms with Crippen LogP contribution in [-0.2, 0) is 21.2 Å². The van der Waals surface area contributed by atoms with Crippen molar-refractivity contribution in [1.82, 2.24) is 14.5 Å². The molecular formula is C18H27N3O3S. The van der Waals surface area contributed by atoms with E-state index in [1.54, 1.807) is 18.2 Å². The van der Waals surface area contributed by atoms with Crippen molar-refractivity contribution in [2.45, 2.75) is 24.7 Å². The monoisotopic (exact) mass is 365 g/mol. The van der Waals surface area contributed by atoms with Gasteiger partial charge in [-0.05, 0) is 24.1 Å². The molecule has 0 saturated carbocycles. The van der Waals surface area contributed by atoms with Crippen molar-refractivity contribution in [1.29, 1.82) is 0 Å². The van der Waals surface area contributed by atoms with E-state index in [0.29, 0.717) is 37.6 Å². The lowest BCUT2D eigenvalue weighted by molar-refractivity contribution is -0.122. The van der Waals surface area contributed by atoms with Gasteiger partial charge < -0.3 is 5.32 Å². The molecule has 0 spiro atoms. The van der Waals surface area contributed by atoms with E-state index >= 15 is 0 Å². The number of rotatable bonds is 8. The maximum Gasteiger partial charge on any atom is 0.243 e. The van der Waals surface area contributed by atoms with Gasteiger partial charge in [0, 0.05) is 32.7 Å². The summed E-state index contributed by atoms with van der Waals surface area (Å²) in [6.07, 6.45) is 3.62. The molecule has 1 heterocycles. The fourth-order valence-corrected chi connectivity index (χ4v) is 4.26. The number of carbonyl (C=O) groups excluding carboxylic acids is 1. The maximum atomic E-state index is 12.7. The van der Waals surface area contributed by atoms with Crippen molar-refractivity contribution in [3.8, 4) is 0 Å². The van der Waals surface area contributed by atoms with Crippen LogP contribution >= 0.6 is 0 Å². The van der Waals surface area contributed by atoms with E-state index in [-0.39, 0.29) is 12.5 Å². The van der Waals surface area contributed by atoms with Gasteiger partial charge >= 0.3 is 0 Å². The Labute approximate surface area is 150 Å². The number of aryl methyl sites for hydroxylation is 1. The fourth-order valence-electron chi connectivity index (χ4n) is 2.84. The summed E-state index contributed by atoms with van der Waals surface area (Å²) in [5.74, 6) is -0.0669. The van der Waals surface area contributed by atoms with Gasteiger partial charge in [0.1, 0.15) is 0 Å². The first-order valence-electron chi connectivity index (χ1n) is 8.66. The highest BCUT2D eigenvalue weighted by Gasteiger charge is 2.28. The third-order valence-electron chi connectivity index (χ3n) is 4.24. The normalized spacial score (nSPS) is 16.5. The van der Waals surface area contributed by atoms with Crippen LogP contribution in [0.1, 0.15) is 18.9 Å². The van der Waals surface area contributed by atoms with Crippen LogP contribution in [0.3, 0.4) is 0 Å². The van der Waals surface area contributed by atoms with Gasteiger partial charge in [0.05, 0.1) is 11.4 Å². The number of amides is 1. The zero-order valence-corrected chi connectivity index (χ0v) is 15.6.